The van der Waals surface area contributed by atoms with Gasteiger partial charge in [-0.3, -0.25) is 4.79 Å². The highest BCUT2D eigenvalue weighted by atomic mass is 16.5. The van der Waals surface area contributed by atoms with Crippen LogP contribution in [0.1, 0.15) is 18.6 Å². The second-order valence-corrected chi connectivity index (χ2v) is 7.15. The predicted molar refractivity (Wildman–Crippen MR) is 122 cm³/mol. The van der Waals surface area contributed by atoms with Gasteiger partial charge in [0.05, 0.1) is 18.4 Å². The van der Waals surface area contributed by atoms with E-state index in [0.29, 0.717) is 11.6 Å². The number of benzene rings is 2. The molecule has 31 heavy (non-hydrogen) atoms. The van der Waals surface area contributed by atoms with Crippen molar-refractivity contribution < 1.29 is 9.53 Å². The third-order valence-electron chi connectivity index (χ3n) is 4.87. The van der Waals surface area contributed by atoms with E-state index in [1.54, 1.807) is 19.2 Å². The van der Waals surface area contributed by atoms with E-state index in [9.17, 15) is 4.79 Å². The molecule has 0 radical (unpaired) electrons. The van der Waals surface area contributed by atoms with E-state index in [1.807, 2.05) is 42.5 Å². The monoisotopic (exact) mass is 415 g/mol. The molecule has 1 amide bonds. The Kier molecular flexibility index (Phi) is 6.66. The zero-order valence-electron chi connectivity index (χ0n) is 17.3. The highest BCUT2D eigenvalue weighted by Gasteiger charge is 2.15. The summed E-state index contributed by atoms with van der Waals surface area (Å²) in [5.74, 6) is 0.340. The van der Waals surface area contributed by atoms with Crippen LogP contribution in [0.3, 0.4) is 0 Å². The molecule has 3 N–H and O–H groups in total. The summed E-state index contributed by atoms with van der Waals surface area (Å²) in [7, 11) is 0. The number of ether oxygens (including phenoxy) is 1. The average Bonchev–Trinajstić information content (AvgIpc) is 2.81. The number of amides is 1. The Morgan fingerprint density at radius 2 is 2.03 bits per heavy atom. The molecule has 0 aliphatic carbocycles. The fourth-order valence-electron chi connectivity index (χ4n) is 3.36. The summed E-state index contributed by atoms with van der Waals surface area (Å²) in [6.45, 7) is 4.26. The van der Waals surface area contributed by atoms with E-state index in [2.05, 4.69) is 38.1 Å². The minimum absolute atomic E-state index is 0.0861. The molecule has 7 nitrogen and oxygen atoms in total. The maximum absolute atomic E-state index is 11.8. The van der Waals surface area contributed by atoms with Crippen molar-refractivity contribution in [2.75, 3.05) is 30.3 Å². The molecule has 0 spiro atoms. The third-order valence-corrected chi connectivity index (χ3v) is 4.87. The van der Waals surface area contributed by atoms with Crippen molar-refractivity contribution in [3.8, 4) is 11.3 Å². The highest BCUT2D eigenvalue weighted by molar-refractivity contribution is 5.99. The van der Waals surface area contributed by atoms with Crippen molar-refractivity contribution in [2.24, 2.45) is 0 Å². The number of nitrogens with zero attached hydrogens (tertiary/aromatic N) is 2. The molecule has 2 heterocycles. The van der Waals surface area contributed by atoms with Gasteiger partial charge in [0.1, 0.15) is 0 Å². The molecule has 0 bridgehead atoms. The fourth-order valence-corrected chi connectivity index (χ4v) is 3.36. The molecule has 1 aromatic heterocycles. The quantitative estimate of drug-likeness (QED) is 0.526. The predicted octanol–water partition coefficient (Wildman–Crippen LogP) is 4.06. The first-order valence-corrected chi connectivity index (χ1v) is 10.3. The van der Waals surface area contributed by atoms with Crippen LogP contribution >= 0.6 is 0 Å². The number of carbonyl (C=O) groups excluding carboxylic acids is 1. The first kappa shape index (κ1) is 20.7. The molecule has 3 aromatic rings. The molecular weight excluding hydrogens is 390 g/mol. The van der Waals surface area contributed by atoms with Gasteiger partial charge in [-0.05, 0) is 48.9 Å². The number of hydrogen-bond donors (Lipinski definition) is 3. The Morgan fingerprint density at radius 3 is 2.81 bits per heavy atom. The molecule has 1 unspecified atom stereocenters. The lowest BCUT2D eigenvalue weighted by molar-refractivity contribution is -0.111. The van der Waals surface area contributed by atoms with Crippen LogP contribution in [-0.2, 0) is 9.53 Å². The topological polar surface area (TPSA) is 88.2 Å². The van der Waals surface area contributed by atoms with E-state index in [-0.39, 0.29) is 12.0 Å². The second-order valence-electron chi connectivity index (χ2n) is 7.15. The van der Waals surface area contributed by atoms with Gasteiger partial charge in [0.25, 0.3) is 0 Å². The van der Waals surface area contributed by atoms with Crippen LogP contribution < -0.4 is 16.0 Å². The average molecular weight is 415 g/mol. The molecule has 158 valence electrons. The second kappa shape index (κ2) is 9.97. The van der Waals surface area contributed by atoms with Crippen molar-refractivity contribution in [1.82, 2.24) is 15.3 Å². The summed E-state index contributed by atoms with van der Waals surface area (Å²) in [6, 6.07) is 17.5. The molecule has 2 aromatic carbocycles. The number of morpholine rings is 1. The summed E-state index contributed by atoms with van der Waals surface area (Å²) >= 11 is 0. The van der Waals surface area contributed by atoms with Gasteiger partial charge in [0.15, 0.2) is 0 Å². The lowest BCUT2D eigenvalue weighted by atomic mass is 10.1. The van der Waals surface area contributed by atoms with E-state index in [1.165, 1.54) is 6.08 Å². The van der Waals surface area contributed by atoms with Crippen LogP contribution in [0, 0.1) is 0 Å². The Labute approximate surface area is 181 Å². The van der Waals surface area contributed by atoms with Gasteiger partial charge < -0.3 is 20.7 Å². The Balaban J connectivity index is 1.47. The van der Waals surface area contributed by atoms with Crippen molar-refractivity contribution in [3.63, 3.8) is 0 Å². The molecule has 1 aliphatic rings. The molecule has 0 saturated carbocycles. The van der Waals surface area contributed by atoms with Gasteiger partial charge in [-0.2, -0.15) is 0 Å². The van der Waals surface area contributed by atoms with Crippen molar-refractivity contribution in [3.05, 3.63) is 78.5 Å². The van der Waals surface area contributed by atoms with Gasteiger partial charge in [-0.25, -0.2) is 9.97 Å². The summed E-state index contributed by atoms with van der Waals surface area (Å²) < 4.78 is 5.80. The number of allylic oxidation sites excluding steroid dienone is 1. The lowest BCUT2D eigenvalue weighted by Gasteiger charge is -2.24. The number of rotatable bonds is 6. The van der Waals surface area contributed by atoms with E-state index < -0.39 is 0 Å². The van der Waals surface area contributed by atoms with Crippen molar-refractivity contribution in [2.45, 2.75) is 13.0 Å². The Hall–Kier alpha value is -3.55. The van der Waals surface area contributed by atoms with Crippen LogP contribution in [-0.4, -0.2) is 35.6 Å². The summed E-state index contributed by atoms with van der Waals surface area (Å²) in [5, 5.41) is 9.43. The number of hydrogen-bond acceptors (Lipinski definition) is 6. The SMILES string of the molecule is CC=CC(=O)Nc1cccc(-c2ccnc(Nc3ccc(C4CNCCO4)cc3)n2)c1. The summed E-state index contributed by atoms with van der Waals surface area (Å²) in [4.78, 5) is 20.8. The Morgan fingerprint density at radius 1 is 1.16 bits per heavy atom. The van der Waals surface area contributed by atoms with Crippen molar-refractivity contribution in [1.29, 1.82) is 0 Å². The van der Waals surface area contributed by atoms with Gasteiger partial charge in [-0.15, -0.1) is 0 Å². The standard InChI is InChI=1S/C24H25N5O2/c1-2-4-23(30)27-20-6-3-5-18(15-20)21-11-12-26-24(29-21)28-19-9-7-17(8-10-19)22-16-25-13-14-31-22/h2-12,15,22,25H,13-14,16H2,1H3,(H,27,30)(H,26,28,29). The number of anilines is 3. The van der Waals surface area contributed by atoms with E-state index >= 15 is 0 Å². The molecule has 1 atom stereocenters. The first-order valence-electron chi connectivity index (χ1n) is 10.3. The number of nitrogens with one attached hydrogen (secondary N) is 3. The molecule has 1 saturated heterocycles. The largest absolute Gasteiger partial charge is 0.371 e. The summed E-state index contributed by atoms with van der Waals surface area (Å²) in [5.41, 5.74) is 4.41. The van der Waals surface area contributed by atoms with Crippen LogP contribution in [0.4, 0.5) is 17.3 Å². The van der Waals surface area contributed by atoms with Gasteiger partial charge in [0.2, 0.25) is 11.9 Å². The van der Waals surface area contributed by atoms with Crippen LogP contribution in [0.25, 0.3) is 11.3 Å². The zero-order chi connectivity index (χ0) is 21.5. The van der Waals surface area contributed by atoms with Gasteiger partial charge in [0, 0.05) is 36.2 Å². The molecule has 1 fully saturated rings. The maximum Gasteiger partial charge on any atom is 0.248 e. The molecule has 4 rings (SSSR count). The van der Waals surface area contributed by atoms with Crippen molar-refractivity contribution >= 4 is 23.2 Å². The van der Waals surface area contributed by atoms with Crippen LogP contribution in [0.2, 0.25) is 0 Å². The normalized spacial score (nSPS) is 16.2. The number of carbonyl (C=O) groups is 1. The summed E-state index contributed by atoms with van der Waals surface area (Å²) in [6.07, 6.45) is 4.99. The Bertz CT molecular complexity index is 1060. The minimum Gasteiger partial charge on any atom is -0.371 e. The smallest absolute Gasteiger partial charge is 0.248 e. The zero-order valence-corrected chi connectivity index (χ0v) is 17.3. The fraction of sp³-hybridized carbons (Fsp3) is 0.208. The molecular formula is C24H25N5O2. The van der Waals surface area contributed by atoms with E-state index in [4.69, 9.17) is 4.74 Å². The first-order chi connectivity index (χ1) is 15.2. The molecule has 1 aliphatic heterocycles. The number of aromatic nitrogens is 2. The highest BCUT2D eigenvalue weighted by Crippen LogP contribution is 2.24. The van der Waals surface area contributed by atoms with Gasteiger partial charge >= 0.3 is 0 Å². The third kappa shape index (κ3) is 5.53. The lowest BCUT2D eigenvalue weighted by Crippen LogP contribution is -2.33. The minimum atomic E-state index is -0.164. The molecule has 7 heteroatoms. The van der Waals surface area contributed by atoms with Crippen LogP contribution in [0.5, 0.6) is 0 Å². The van der Waals surface area contributed by atoms with Gasteiger partial charge in [-0.1, -0.05) is 30.3 Å². The maximum atomic E-state index is 11.8. The van der Waals surface area contributed by atoms with E-state index in [0.717, 1.165) is 42.2 Å². The van der Waals surface area contributed by atoms with Crippen LogP contribution in [0.15, 0.2) is 72.9 Å².